The highest BCUT2D eigenvalue weighted by molar-refractivity contribution is 7.21. The average Bonchev–Trinajstić information content (AvgIpc) is 3.37. The van der Waals surface area contributed by atoms with Crippen LogP contribution < -0.4 is 15.4 Å². The summed E-state index contributed by atoms with van der Waals surface area (Å²) < 4.78 is 19.1. The number of rotatable bonds is 9. The smallest absolute Gasteiger partial charge is 0.245 e. The Morgan fingerprint density at radius 3 is 2.66 bits per heavy atom. The summed E-state index contributed by atoms with van der Waals surface area (Å²) in [5, 5.41) is 15.9. The zero-order valence-electron chi connectivity index (χ0n) is 19.8. The number of ether oxygens (including phenoxy) is 1. The van der Waals surface area contributed by atoms with E-state index in [2.05, 4.69) is 20.6 Å². The van der Waals surface area contributed by atoms with E-state index in [9.17, 15) is 9.18 Å². The molecule has 0 unspecified atom stereocenters. The Morgan fingerprint density at radius 1 is 1.05 bits per heavy atom. The first-order valence-corrected chi connectivity index (χ1v) is 12.7. The highest BCUT2D eigenvalue weighted by atomic mass is 35.5. The van der Waals surface area contributed by atoms with Crippen LogP contribution in [0, 0.1) is 5.82 Å². The summed E-state index contributed by atoms with van der Waals surface area (Å²) in [5.41, 5.74) is 3.82. The van der Waals surface area contributed by atoms with Gasteiger partial charge in [-0.2, -0.15) is 0 Å². The van der Waals surface area contributed by atoms with Crippen molar-refractivity contribution in [1.29, 1.82) is 0 Å². The van der Waals surface area contributed by atoms with Gasteiger partial charge >= 0.3 is 0 Å². The molecule has 3 aromatic carbocycles. The zero-order chi connectivity index (χ0) is 26.5. The van der Waals surface area contributed by atoms with Gasteiger partial charge in [0, 0.05) is 17.8 Å². The number of carbonyl (C=O) groups is 1. The number of nitrogens with one attached hydrogen (secondary N) is 2. The summed E-state index contributed by atoms with van der Waals surface area (Å²) in [6.07, 6.45) is 1.47. The predicted molar refractivity (Wildman–Crippen MR) is 145 cm³/mol. The van der Waals surface area contributed by atoms with Crippen LogP contribution in [-0.4, -0.2) is 32.6 Å². The number of anilines is 2. The Balaban J connectivity index is 1.30. The van der Waals surface area contributed by atoms with Crippen molar-refractivity contribution in [1.82, 2.24) is 20.3 Å². The Labute approximate surface area is 226 Å². The van der Waals surface area contributed by atoms with Gasteiger partial charge in [0.15, 0.2) is 5.82 Å². The summed E-state index contributed by atoms with van der Waals surface area (Å²) in [6, 6.07) is 19.1. The summed E-state index contributed by atoms with van der Waals surface area (Å²) in [5.74, 6) is 0.264. The summed E-state index contributed by atoms with van der Waals surface area (Å²) in [4.78, 5) is 25.4. The molecule has 5 rings (SSSR count). The number of fused-ring (bicyclic) bond motifs is 1. The molecule has 2 aromatic heterocycles. The molecular formula is C27H21ClFN5O3S. The van der Waals surface area contributed by atoms with E-state index >= 15 is 0 Å². The van der Waals surface area contributed by atoms with Gasteiger partial charge in [0.25, 0.3) is 0 Å². The molecule has 11 heteroatoms. The third-order valence-electron chi connectivity index (χ3n) is 5.51. The van der Waals surface area contributed by atoms with Gasteiger partial charge in [0.1, 0.15) is 46.5 Å². The van der Waals surface area contributed by atoms with Crippen LogP contribution >= 0.6 is 22.9 Å². The third kappa shape index (κ3) is 6.05. The second-order valence-electron chi connectivity index (χ2n) is 8.22. The van der Waals surface area contributed by atoms with Gasteiger partial charge in [-0.15, -0.1) is 0 Å². The monoisotopic (exact) mass is 549 g/mol. The Morgan fingerprint density at radius 2 is 1.89 bits per heavy atom. The normalized spacial score (nSPS) is 10.9. The fraction of sp³-hybridized carbons (Fsp3) is 0.111. The van der Waals surface area contributed by atoms with Gasteiger partial charge in [-0.1, -0.05) is 59.3 Å². The second-order valence-corrected chi connectivity index (χ2v) is 9.60. The van der Waals surface area contributed by atoms with Crippen molar-refractivity contribution in [2.45, 2.75) is 13.2 Å². The van der Waals surface area contributed by atoms with Crippen LogP contribution in [0.15, 0.2) is 73.1 Å². The molecule has 0 spiro atoms. The summed E-state index contributed by atoms with van der Waals surface area (Å²) in [7, 11) is 0. The molecular weight excluding hydrogens is 529 g/mol. The molecule has 3 N–H and O–H groups in total. The lowest BCUT2D eigenvalue weighted by atomic mass is 10.1. The lowest BCUT2D eigenvalue weighted by Crippen LogP contribution is -2.25. The number of hydrogen-bond donors (Lipinski definition) is 3. The van der Waals surface area contributed by atoms with E-state index in [0.717, 1.165) is 21.0 Å². The number of amides is 1. The van der Waals surface area contributed by atoms with Crippen LogP contribution in [0.1, 0.15) is 11.1 Å². The minimum absolute atomic E-state index is 0.191. The topological polar surface area (TPSA) is 109 Å². The lowest BCUT2D eigenvalue weighted by molar-refractivity contribution is -0.123. The molecule has 0 aliphatic rings. The lowest BCUT2D eigenvalue weighted by Gasteiger charge is -2.11. The number of benzene rings is 3. The number of hydrogen-bond acceptors (Lipinski definition) is 8. The molecule has 0 fully saturated rings. The first-order chi connectivity index (χ1) is 18.5. The molecule has 0 aliphatic carbocycles. The Hall–Kier alpha value is -4.12. The molecule has 0 saturated carbocycles. The maximum absolute atomic E-state index is 13.4. The molecule has 192 valence electrons. The number of aliphatic hydroxyl groups is 1. The van der Waals surface area contributed by atoms with E-state index < -0.39 is 12.5 Å². The first-order valence-electron chi connectivity index (χ1n) is 11.5. The first kappa shape index (κ1) is 25.5. The van der Waals surface area contributed by atoms with E-state index in [1.807, 2.05) is 30.3 Å². The van der Waals surface area contributed by atoms with Crippen LogP contribution in [0.2, 0.25) is 5.02 Å². The molecule has 0 radical (unpaired) electrons. The molecule has 38 heavy (non-hydrogen) atoms. The van der Waals surface area contributed by atoms with Gasteiger partial charge < -0.3 is 20.5 Å². The van der Waals surface area contributed by atoms with Crippen molar-refractivity contribution in [3.63, 3.8) is 0 Å². The van der Waals surface area contributed by atoms with Gasteiger partial charge in [-0.05, 0) is 41.5 Å². The number of aromatic nitrogens is 3. The third-order valence-corrected chi connectivity index (χ3v) is 6.82. The van der Waals surface area contributed by atoms with Crippen LogP contribution in [-0.2, 0) is 17.9 Å². The zero-order valence-corrected chi connectivity index (χ0v) is 21.4. The minimum atomic E-state index is -0.540. The van der Waals surface area contributed by atoms with Crippen molar-refractivity contribution in [2.75, 3.05) is 11.9 Å². The SMILES string of the molecule is O=C(CO)NCc1ccc(-c2nc3c(Nc4ccc(OCc5cccc(F)c5)c(Cl)c4)ncnc3s2)cc1. The number of aliphatic hydroxyl groups excluding tert-OH is 1. The van der Waals surface area contributed by atoms with Crippen molar-refractivity contribution in [2.24, 2.45) is 0 Å². The fourth-order valence-corrected chi connectivity index (χ4v) is 4.76. The fourth-order valence-electron chi connectivity index (χ4n) is 3.61. The summed E-state index contributed by atoms with van der Waals surface area (Å²) in [6.45, 7) is -0.0190. The summed E-state index contributed by atoms with van der Waals surface area (Å²) >= 11 is 7.87. The van der Waals surface area contributed by atoms with Crippen molar-refractivity contribution >= 4 is 50.7 Å². The highest BCUT2D eigenvalue weighted by Crippen LogP contribution is 2.34. The maximum atomic E-state index is 13.4. The van der Waals surface area contributed by atoms with Crippen molar-refractivity contribution < 1.29 is 19.0 Å². The number of halogens is 2. The molecule has 0 aliphatic heterocycles. The van der Waals surface area contributed by atoms with Crippen molar-refractivity contribution in [3.8, 4) is 16.3 Å². The second kappa shape index (κ2) is 11.5. The van der Waals surface area contributed by atoms with E-state index in [1.54, 1.807) is 24.3 Å². The standard InChI is InChI=1S/C27H21ClFN5O3S/c28-21-11-20(8-9-22(21)37-14-17-2-1-3-19(29)10-17)33-25-24-27(32-15-31-25)38-26(34-24)18-6-4-16(5-7-18)12-30-23(36)13-35/h1-11,15,35H,12-14H2,(H,30,36)(H,31,32,33). The van der Waals surface area contributed by atoms with Crippen LogP contribution in [0.3, 0.4) is 0 Å². The molecule has 8 nitrogen and oxygen atoms in total. The molecule has 0 atom stereocenters. The quantitative estimate of drug-likeness (QED) is 0.223. The number of thiazole rings is 1. The predicted octanol–water partition coefficient (Wildman–Crippen LogP) is 5.48. The van der Waals surface area contributed by atoms with E-state index in [-0.39, 0.29) is 12.4 Å². The molecule has 0 bridgehead atoms. The maximum Gasteiger partial charge on any atom is 0.245 e. The average molecular weight is 550 g/mol. The van der Waals surface area contributed by atoms with E-state index in [4.69, 9.17) is 26.4 Å². The van der Waals surface area contributed by atoms with Gasteiger partial charge in [-0.25, -0.2) is 19.3 Å². The molecule has 2 heterocycles. The number of nitrogens with zero attached hydrogens (tertiary/aromatic N) is 3. The van der Waals surface area contributed by atoms with Crippen LogP contribution in [0.4, 0.5) is 15.9 Å². The van der Waals surface area contributed by atoms with E-state index in [1.165, 1.54) is 29.8 Å². The van der Waals surface area contributed by atoms with Gasteiger partial charge in [0.05, 0.1) is 5.02 Å². The van der Waals surface area contributed by atoms with E-state index in [0.29, 0.717) is 39.9 Å². The molecule has 5 aromatic rings. The Kier molecular flexibility index (Phi) is 7.73. The van der Waals surface area contributed by atoms with Gasteiger partial charge in [0.2, 0.25) is 5.91 Å². The largest absolute Gasteiger partial charge is 0.487 e. The Bertz CT molecular complexity index is 1600. The van der Waals surface area contributed by atoms with Gasteiger partial charge in [-0.3, -0.25) is 4.79 Å². The molecule has 0 saturated heterocycles. The van der Waals surface area contributed by atoms with Crippen LogP contribution in [0.5, 0.6) is 5.75 Å². The number of carbonyl (C=O) groups excluding carboxylic acids is 1. The highest BCUT2D eigenvalue weighted by Gasteiger charge is 2.13. The molecule has 1 amide bonds. The minimum Gasteiger partial charge on any atom is -0.487 e. The van der Waals surface area contributed by atoms with Crippen LogP contribution in [0.25, 0.3) is 20.9 Å². The van der Waals surface area contributed by atoms with Crippen molar-refractivity contribution in [3.05, 3.63) is 95.0 Å².